The van der Waals surface area contributed by atoms with E-state index in [2.05, 4.69) is 10.6 Å². The standard InChI is InChI=1S/C16H23FN2O2.ClH/c1-21-12-16(7-10-18-11-8-16)15(20)19-9-6-13-4-2-3-5-14(13)17;/h2-5,18H,6-12H2,1H3,(H,19,20);1H. The number of nitrogens with one attached hydrogen (secondary N) is 2. The Morgan fingerprint density at radius 2 is 2.05 bits per heavy atom. The van der Waals surface area contributed by atoms with Gasteiger partial charge in [-0.15, -0.1) is 12.4 Å². The molecule has 0 atom stereocenters. The first-order valence-corrected chi connectivity index (χ1v) is 7.39. The first-order chi connectivity index (χ1) is 10.2. The molecule has 0 aromatic heterocycles. The SMILES string of the molecule is COCC1(C(=O)NCCc2ccccc2F)CCNCC1.Cl. The minimum atomic E-state index is -0.449. The van der Waals surface area contributed by atoms with Crippen LogP contribution in [0.1, 0.15) is 18.4 Å². The Labute approximate surface area is 137 Å². The minimum Gasteiger partial charge on any atom is -0.384 e. The predicted molar refractivity (Wildman–Crippen MR) is 86.8 cm³/mol. The van der Waals surface area contributed by atoms with E-state index in [1.165, 1.54) is 6.07 Å². The van der Waals surface area contributed by atoms with E-state index in [9.17, 15) is 9.18 Å². The number of rotatable bonds is 6. The molecule has 1 fully saturated rings. The van der Waals surface area contributed by atoms with Crippen LogP contribution in [0, 0.1) is 11.2 Å². The number of benzene rings is 1. The van der Waals surface area contributed by atoms with Crippen molar-refractivity contribution in [3.63, 3.8) is 0 Å². The van der Waals surface area contributed by atoms with Gasteiger partial charge in [0.1, 0.15) is 5.82 Å². The molecule has 2 rings (SSSR count). The molecule has 2 N–H and O–H groups in total. The molecule has 0 aliphatic carbocycles. The molecule has 0 bridgehead atoms. The van der Waals surface area contributed by atoms with Crippen molar-refractivity contribution in [2.24, 2.45) is 5.41 Å². The van der Waals surface area contributed by atoms with Gasteiger partial charge in [-0.05, 0) is 44.0 Å². The first kappa shape index (κ1) is 18.9. The van der Waals surface area contributed by atoms with Gasteiger partial charge in [0, 0.05) is 13.7 Å². The molecule has 0 radical (unpaired) electrons. The van der Waals surface area contributed by atoms with Gasteiger partial charge in [-0.25, -0.2) is 4.39 Å². The molecule has 0 saturated carbocycles. The highest BCUT2D eigenvalue weighted by molar-refractivity contribution is 5.85. The van der Waals surface area contributed by atoms with Crippen LogP contribution in [0.5, 0.6) is 0 Å². The van der Waals surface area contributed by atoms with Gasteiger partial charge in [0.15, 0.2) is 0 Å². The fraction of sp³-hybridized carbons (Fsp3) is 0.562. The second-order valence-corrected chi connectivity index (χ2v) is 5.56. The lowest BCUT2D eigenvalue weighted by atomic mass is 9.78. The Morgan fingerprint density at radius 3 is 2.68 bits per heavy atom. The third-order valence-electron chi connectivity index (χ3n) is 4.10. The van der Waals surface area contributed by atoms with Crippen LogP contribution in [-0.4, -0.2) is 39.3 Å². The third-order valence-corrected chi connectivity index (χ3v) is 4.10. The first-order valence-electron chi connectivity index (χ1n) is 7.39. The molecular formula is C16H24ClFN2O2. The Bertz CT molecular complexity index is 473. The van der Waals surface area contributed by atoms with Crippen molar-refractivity contribution in [3.05, 3.63) is 35.6 Å². The lowest BCUT2D eigenvalue weighted by molar-refractivity contribution is -0.136. The van der Waals surface area contributed by atoms with Crippen molar-refractivity contribution >= 4 is 18.3 Å². The third kappa shape index (κ3) is 4.66. The maximum absolute atomic E-state index is 13.5. The number of hydrogen-bond acceptors (Lipinski definition) is 3. The van der Waals surface area contributed by atoms with Gasteiger partial charge in [-0.1, -0.05) is 18.2 Å². The van der Waals surface area contributed by atoms with Crippen molar-refractivity contribution < 1.29 is 13.9 Å². The Hall–Kier alpha value is -1.17. The second-order valence-electron chi connectivity index (χ2n) is 5.56. The highest BCUT2D eigenvalue weighted by Gasteiger charge is 2.39. The summed E-state index contributed by atoms with van der Waals surface area (Å²) in [7, 11) is 1.62. The van der Waals surface area contributed by atoms with Crippen LogP contribution in [0.3, 0.4) is 0 Å². The number of carbonyl (C=O) groups is 1. The van der Waals surface area contributed by atoms with Crippen LogP contribution < -0.4 is 10.6 Å². The average molecular weight is 331 g/mol. The maximum Gasteiger partial charge on any atom is 0.228 e. The van der Waals surface area contributed by atoms with E-state index in [4.69, 9.17) is 4.74 Å². The van der Waals surface area contributed by atoms with Crippen molar-refractivity contribution in [2.75, 3.05) is 33.4 Å². The topological polar surface area (TPSA) is 50.4 Å². The molecule has 1 aliphatic rings. The second kappa shape index (κ2) is 9.08. The molecule has 6 heteroatoms. The van der Waals surface area contributed by atoms with Crippen LogP contribution in [0.4, 0.5) is 4.39 Å². The number of piperidine rings is 1. The summed E-state index contributed by atoms with van der Waals surface area (Å²) in [6.45, 7) is 2.52. The fourth-order valence-corrected chi connectivity index (χ4v) is 2.82. The van der Waals surface area contributed by atoms with E-state index in [1.807, 2.05) is 0 Å². The summed E-state index contributed by atoms with van der Waals surface area (Å²) in [6, 6.07) is 6.66. The van der Waals surface area contributed by atoms with E-state index < -0.39 is 5.41 Å². The molecule has 1 amide bonds. The summed E-state index contributed by atoms with van der Waals surface area (Å²) in [4.78, 5) is 12.5. The van der Waals surface area contributed by atoms with E-state index in [1.54, 1.807) is 25.3 Å². The number of ether oxygens (including phenoxy) is 1. The Kier molecular flexibility index (Phi) is 7.79. The molecule has 1 aliphatic heterocycles. The average Bonchev–Trinajstić information content (AvgIpc) is 2.50. The zero-order chi connectivity index (χ0) is 15.1. The van der Waals surface area contributed by atoms with E-state index in [0.717, 1.165) is 25.9 Å². The molecule has 1 heterocycles. The molecule has 22 heavy (non-hydrogen) atoms. The predicted octanol–water partition coefficient (Wildman–Crippen LogP) is 1.92. The van der Waals surface area contributed by atoms with Crippen LogP contribution >= 0.6 is 12.4 Å². The summed E-state index contributed by atoms with van der Waals surface area (Å²) in [5.41, 5.74) is 0.179. The summed E-state index contributed by atoms with van der Waals surface area (Å²) < 4.78 is 18.8. The van der Waals surface area contributed by atoms with Gasteiger partial charge in [-0.3, -0.25) is 4.79 Å². The smallest absolute Gasteiger partial charge is 0.228 e. The summed E-state index contributed by atoms with van der Waals surface area (Å²) in [5.74, 6) is -0.206. The van der Waals surface area contributed by atoms with Crippen LogP contribution in [0.15, 0.2) is 24.3 Å². The zero-order valence-corrected chi connectivity index (χ0v) is 13.7. The van der Waals surface area contributed by atoms with Gasteiger partial charge in [-0.2, -0.15) is 0 Å². The van der Waals surface area contributed by atoms with E-state index >= 15 is 0 Å². The Balaban J connectivity index is 0.00000242. The lowest BCUT2D eigenvalue weighted by Crippen LogP contribution is -2.50. The van der Waals surface area contributed by atoms with Crippen LogP contribution in [-0.2, 0) is 16.0 Å². The number of carbonyl (C=O) groups excluding carboxylic acids is 1. The molecule has 1 aromatic rings. The number of hydrogen-bond donors (Lipinski definition) is 2. The van der Waals surface area contributed by atoms with Crippen molar-refractivity contribution in [3.8, 4) is 0 Å². The molecule has 4 nitrogen and oxygen atoms in total. The fourth-order valence-electron chi connectivity index (χ4n) is 2.82. The number of amides is 1. The molecule has 0 unspecified atom stereocenters. The highest BCUT2D eigenvalue weighted by Crippen LogP contribution is 2.29. The van der Waals surface area contributed by atoms with Gasteiger partial charge in [0.2, 0.25) is 5.91 Å². The van der Waals surface area contributed by atoms with Crippen molar-refractivity contribution in [1.29, 1.82) is 0 Å². The maximum atomic E-state index is 13.5. The molecule has 1 saturated heterocycles. The summed E-state index contributed by atoms with van der Waals surface area (Å²) in [5, 5.41) is 6.20. The molecule has 0 spiro atoms. The van der Waals surface area contributed by atoms with Crippen LogP contribution in [0.25, 0.3) is 0 Å². The normalized spacial score (nSPS) is 16.6. The van der Waals surface area contributed by atoms with Gasteiger partial charge in [0.25, 0.3) is 0 Å². The minimum absolute atomic E-state index is 0. The van der Waals surface area contributed by atoms with Crippen LogP contribution in [0.2, 0.25) is 0 Å². The summed E-state index contributed by atoms with van der Waals surface area (Å²) in [6.07, 6.45) is 2.04. The largest absolute Gasteiger partial charge is 0.384 e. The van der Waals surface area contributed by atoms with Crippen molar-refractivity contribution in [1.82, 2.24) is 10.6 Å². The van der Waals surface area contributed by atoms with Crippen molar-refractivity contribution in [2.45, 2.75) is 19.3 Å². The van der Waals surface area contributed by atoms with E-state index in [-0.39, 0.29) is 24.1 Å². The van der Waals surface area contributed by atoms with Gasteiger partial charge >= 0.3 is 0 Å². The number of methoxy groups -OCH3 is 1. The quantitative estimate of drug-likeness (QED) is 0.838. The Morgan fingerprint density at radius 1 is 1.36 bits per heavy atom. The van der Waals surface area contributed by atoms with Gasteiger partial charge in [0.05, 0.1) is 12.0 Å². The summed E-state index contributed by atoms with van der Waals surface area (Å²) >= 11 is 0. The molecule has 1 aromatic carbocycles. The monoisotopic (exact) mass is 330 g/mol. The lowest BCUT2D eigenvalue weighted by Gasteiger charge is -2.35. The molecular weight excluding hydrogens is 307 g/mol. The van der Waals surface area contributed by atoms with E-state index in [0.29, 0.717) is 25.1 Å². The highest BCUT2D eigenvalue weighted by atomic mass is 35.5. The number of halogens is 2. The zero-order valence-electron chi connectivity index (χ0n) is 12.9. The van der Waals surface area contributed by atoms with Gasteiger partial charge < -0.3 is 15.4 Å². The molecule has 124 valence electrons.